The van der Waals surface area contributed by atoms with Crippen LogP contribution in [0.15, 0.2) is 12.3 Å². The lowest BCUT2D eigenvalue weighted by molar-refractivity contribution is 0.100. The van der Waals surface area contributed by atoms with Gasteiger partial charge in [-0.15, -0.1) is 0 Å². The van der Waals surface area contributed by atoms with Crippen molar-refractivity contribution in [2.45, 2.75) is 38.6 Å². The number of nitrogens with zero attached hydrogens (tertiary/aromatic N) is 1. The van der Waals surface area contributed by atoms with E-state index in [0.717, 1.165) is 0 Å². The molecule has 98 valence electrons. The smallest absolute Gasteiger partial charge is 0.250 e. The molecule has 1 aromatic rings. The molecule has 1 aliphatic carbocycles. The molecule has 1 aromatic heterocycles. The average Bonchev–Trinajstić information content (AvgIpc) is 2.85. The van der Waals surface area contributed by atoms with Gasteiger partial charge in [0.1, 0.15) is 5.82 Å². The van der Waals surface area contributed by atoms with Crippen LogP contribution in [0.3, 0.4) is 0 Å². The predicted octanol–water partition coefficient (Wildman–Crippen LogP) is 1.75. The van der Waals surface area contributed by atoms with Crippen LogP contribution in [0.5, 0.6) is 0 Å². The molecule has 1 aliphatic rings. The minimum absolute atomic E-state index is 0.321. The Balaban J connectivity index is 2.09. The number of aromatic nitrogens is 1. The number of nitrogens with one attached hydrogen (secondary N) is 1. The molecule has 1 atom stereocenters. The standard InChI is InChI=1S/C13H20N4O/c1-8(9-4-2-3-5-9)17-12-6-10(13(15)18)11(14)7-16-12/h6-9H,2-5,14H2,1H3,(H2,15,18)(H,16,17). The number of rotatable bonds is 4. The molecule has 5 nitrogen and oxygen atoms in total. The molecule has 0 radical (unpaired) electrons. The van der Waals surface area contributed by atoms with Crippen LogP contribution in [0.25, 0.3) is 0 Å². The maximum atomic E-state index is 11.2. The number of amides is 1. The summed E-state index contributed by atoms with van der Waals surface area (Å²) in [7, 11) is 0. The normalized spacial score (nSPS) is 17.6. The molecule has 5 heteroatoms. The molecule has 0 saturated heterocycles. The van der Waals surface area contributed by atoms with E-state index in [-0.39, 0.29) is 0 Å². The van der Waals surface area contributed by atoms with Crippen molar-refractivity contribution >= 4 is 17.4 Å². The summed E-state index contributed by atoms with van der Waals surface area (Å²) in [5.41, 5.74) is 11.6. The molecule has 1 fully saturated rings. The number of primary amides is 1. The van der Waals surface area contributed by atoms with Crippen molar-refractivity contribution in [1.29, 1.82) is 0 Å². The van der Waals surface area contributed by atoms with Gasteiger partial charge in [-0.1, -0.05) is 12.8 Å². The largest absolute Gasteiger partial charge is 0.397 e. The first-order chi connectivity index (χ1) is 8.58. The molecule has 0 spiro atoms. The summed E-state index contributed by atoms with van der Waals surface area (Å²) in [6.07, 6.45) is 6.60. The van der Waals surface area contributed by atoms with E-state index >= 15 is 0 Å². The third kappa shape index (κ3) is 2.72. The average molecular weight is 248 g/mol. The van der Waals surface area contributed by atoms with E-state index in [9.17, 15) is 4.79 Å². The number of nitrogen functional groups attached to an aromatic ring is 1. The molecular weight excluding hydrogens is 228 g/mol. The third-order valence-corrected chi connectivity index (χ3v) is 3.68. The van der Waals surface area contributed by atoms with E-state index in [1.54, 1.807) is 6.07 Å². The highest BCUT2D eigenvalue weighted by molar-refractivity contribution is 5.98. The monoisotopic (exact) mass is 248 g/mol. The van der Waals surface area contributed by atoms with E-state index in [2.05, 4.69) is 17.2 Å². The predicted molar refractivity (Wildman–Crippen MR) is 72.2 cm³/mol. The van der Waals surface area contributed by atoms with Gasteiger partial charge in [-0.25, -0.2) is 4.98 Å². The molecular formula is C13H20N4O. The quantitative estimate of drug-likeness (QED) is 0.756. The van der Waals surface area contributed by atoms with E-state index in [4.69, 9.17) is 11.5 Å². The Labute approximate surface area is 107 Å². The lowest BCUT2D eigenvalue weighted by Gasteiger charge is -2.21. The minimum atomic E-state index is -0.522. The van der Waals surface area contributed by atoms with E-state index in [0.29, 0.717) is 29.0 Å². The molecule has 2 rings (SSSR count). The number of pyridine rings is 1. The second-order valence-corrected chi connectivity index (χ2v) is 5.00. The SMILES string of the molecule is CC(Nc1cc(C(N)=O)c(N)cn1)C1CCCC1. The highest BCUT2D eigenvalue weighted by Crippen LogP contribution is 2.29. The van der Waals surface area contributed by atoms with Gasteiger partial charge in [0, 0.05) is 6.04 Å². The second kappa shape index (κ2) is 5.25. The van der Waals surface area contributed by atoms with Crippen LogP contribution in [0.4, 0.5) is 11.5 Å². The van der Waals surface area contributed by atoms with Gasteiger partial charge >= 0.3 is 0 Å². The van der Waals surface area contributed by atoms with Crippen LogP contribution in [0.1, 0.15) is 43.0 Å². The number of hydrogen-bond acceptors (Lipinski definition) is 4. The maximum absolute atomic E-state index is 11.2. The fourth-order valence-electron chi connectivity index (χ4n) is 2.57. The van der Waals surface area contributed by atoms with E-state index < -0.39 is 5.91 Å². The summed E-state index contributed by atoms with van der Waals surface area (Å²) in [5.74, 6) is 0.824. The van der Waals surface area contributed by atoms with Crippen LogP contribution in [-0.2, 0) is 0 Å². The van der Waals surface area contributed by atoms with Crippen molar-refractivity contribution in [2.24, 2.45) is 11.7 Å². The van der Waals surface area contributed by atoms with Crippen LogP contribution in [-0.4, -0.2) is 16.9 Å². The second-order valence-electron chi connectivity index (χ2n) is 5.00. The summed E-state index contributed by atoms with van der Waals surface area (Å²) >= 11 is 0. The van der Waals surface area contributed by atoms with Gasteiger partial charge < -0.3 is 16.8 Å². The van der Waals surface area contributed by atoms with Crippen LogP contribution in [0.2, 0.25) is 0 Å². The van der Waals surface area contributed by atoms with Gasteiger partial charge in [0.15, 0.2) is 0 Å². The number of nitrogens with two attached hydrogens (primary N) is 2. The number of anilines is 2. The Morgan fingerprint density at radius 1 is 1.50 bits per heavy atom. The van der Waals surface area contributed by atoms with Crippen LogP contribution >= 0.6 is 0 Å². The molecule has 0 aliphatic heterocycles. The molecule has 1 amide bonds. The van der Waals surface area contributed by atoms with E-state index in [1.807, 2.05) is 0 Å². The number of carbonyl (C=O) groups is 1. The van der Waals surface area contributed by atoms with Gasteiger partial charge in [-0.3, -0.25) is 4.79 Å². The van der Waals surface area contributed by atoms with Crippen molar-refractivity contribution in [3.63, 3.8) is 0 Å². The topological polar surface area (TPSA) is 94.0 Å². The van der Waals surface area contributed by atoms with Gasteiger partial charge in [-0.05, 0) is 31.7 Å². The Bertz CT molecular complexity index is 441. The zero-order valence-electron chi connectivity index (χ0n) is 10.6. The first-order valence-electron chi connectivity index (χ1n) is 6.40. The molecule has 18 heavy (non-hydrogen) atoms. The summed E-state index contributed by atoms with van der Waals surface area (Å²) in [4.78, 5) is 15.4. The third-order valence-electron chi connectivity index (χ3n) is 3.68. The molecule has 0 bridgehead atoms. The van der Waals surface area contributed by atoms with Gasteiger partial charge in [0.05, 0.1) is 17.4 Å². The van der Waals surface area contributed by atoms with Crippen LogP contribution < -0.4 is 16.8 Å². The first kappa shape index (κ1) is 12.7. The Kier molecular flexibility index (Phi) is 3.69. The highest BCUT2D eigenvalue weighted by atomic mass is 16.1. The zero-order chi connectivity index (χ0) is 13.1. The lowest BCUT2D eigenvalue weighted by Crippen LogP contribution is -2.25. The number of carbonyl (C=O) groups excluding carboxylic acids is 1. The Morgan fingerprint density at radius 2 is 2.17 bits per heavy atom. The van der Waals surface area contributed by atoms with Crippen molar-refractivity contribution in [3.05, 3.63) is 17.8 Å². The molecule has 5 N–H and O–H groups in total. The van der Waals surface area contributed by atoms with Gasteiger partial charge in [0.2, 0.25) is 0 Å². The molecule has 0 aromatic carbocycles. The number of hydrogen-bond donors (Lipinski definition) is 3. The van der Waals surface area contributed by atoms with Gasteiger partial charge in [-0.2, -0.15) is 0 Å². The van der Waals surface area contributed by atoms with Crippen molar-refractivity contribution in [3.8, 4) is 0 Å². The maximum Gasteiger partial charge on any atom is 0.250 e. The molecule has 1 heterocycles. The molecule has 1 unspecified atom stereocenters. The van der Waals surface area contributed by atoms with Gasteiger partial charge in [0.25, 0.3) is 5.91 Å². The Hall–Kier alpha value is -1.78. The van der Waals surface area contributed by atoms with Crippen molar-refractivity contribution in [2.75, 3.05) is 11.1 Å². The lowest BCUT2D eigenvalue weighted by atomic mass is 10.00. The summed E-state index contributed by atoms with van der Waals surface area (Å²) in [5, 5.41) is 3.33. The minimum Gasteiger partial charge on any atom is -0.397 e. The van der Waals surface area contributed by atoms with Crippen molar-refractivity contribution < 1.29 is 4.79 Å². The summed E-state index contributed by atoms with van der Waals surface area (Å²) in [6.45, 7) is 2.15. The fourth-order valence-corrected chi connectivity index (χ4v) is 2.57. The zero-order valence-corrected chi connectivity index (χ0v) is 10.6. The van der Waals surface area contributed by atoms with E-state index in [1.165, 1.54) is 31.9 Å². The fraction of sp³-hybridized carbons (Fsp3) is 0.538. The summed E-state index contributed by atoms with van der Waals surface area (Å²) < 4.78 is 0. The Morgan fingerprint density at radius 3 is 2.78 bits per heavy atom. The molecule has 1 saturated carbocycles. The first-order valence-corrected chi connectivity index (χ1v) is 6.40. The van der Waals surface area contributed by atoms with Crippen molar-refractivity contribution in [1.82, 2.24) is 4.98 Å². The van der Waals surface area contributed by atoms with Crippen LogP contribution in [0, 0.1) is 5.92 Å². The highest BCUT2D eigenvalue weighted by Gasteiger charge is 2.21. The summed E-state index contributed by atoms with van der Waals surface area (Å²) in [6, 6.07) is 1.98.